The van der Waals surface area contributed by atoms with Gasteiger partial charge in [0.15, 0.2) is 0 Å². The van der Waals surface area contributed by atoms with Crippen LogP contribution in [-0.2, 0) is 16.0 Å². The number of carbonyl (C=O) groups is 2. The average molecular weight is 319 g/mol. The Kier molecular flexibility index (Phi) is 6.16. The van der Waals surface area contributed by atoms with Gasteiger partial charge >= 0.3 is 5.97 Å². The minimum atomic E-state index is -0.876. The molecule has 0 radical (unpaired) electrons. The Morgan fingerprint density at radius 1 is 1.30 bits per heavy atom. The zero-order chi connectivity index (χ0) is 16.8. The van der Waals surface area contributed by atoms with Crippen LogP contribution >= 0.6 is 0 Å². The summed E-state index contributed by atoms with van der Waals surface area (Å²) in [6.07, 6.45) is 2.90. The van der Waals surface area contributed by atoms with Crippen LogP contribution in [0.2, 0.25) is 0 Å². The number of carboxylic acids is 1. The van der Waals surface area contributed by atoms with Gasteiger partial charge in [-0.25, -0.2) is 4.79 Å². The Bertz CT molecular complexity index is 546. The standard InChI is InChI=1S/C18H25NO4/c1-3-16(23-2)17(20)19-10-8-13(9-11-19)12-14-6-4-5-7-15(14)18(21)22/h4-7,13,16H,3,8-12H2,1-2H3,(H,21,22). The second-order valence-electron chi connectivity index (χ2n) is 6.07. The lowest BCUT2D eigenvalue weighted by molar-refractivity contribution is -0.143. The Balaban J connectivity index is 1.93. The summed E-state index contributed by atoms with van der Waals surface area (Å²) < 4.78 is 5.22. The van der Waals surface area contributed by atoms with Crippen LogP contribution in [0, 0.1) is 5.92 Å². The van der Waals surface area contributed by atoms with Crippen LogP contribution in [-0.4, -0.2) is 48.2 Å². The number of methoxy groups -OCH3 is 1. The molecule has 23 heavy (non-hydrogen) atoms. The van der Waals surface area contributed by atoms with Crippen LogP contribution in [0.25, 0.3) is 0 Å². The molecule has 1 atom stereocenters. The van der Waals surface area contributed by atoms with Crippen molar-refractivity contribution in [3.63, 3.8) is 0 Å². The number of carboxylic acid groups (broad SMARTS) is 1. The molecule has 1 aromatic rings. The van der Waals surface area contributed by atoms with Gasteiger partial charge in [0.1, 0.15) is 6.10 Å². The minimum absolute atomic E-state index is 0.0689. The fourth-order valence-electron chi connectivity index (χ4n) is 3.22. The zero-order valence-electron chi connectivity index (χ0n) is 13.8. The largest absolute Gasteiger partial charge is 0.478 e. The Hall–Kier alpha value is -1.88. The number of hydrogen-bond acceptors (Lipinski definition) is 3. The Labute approximate surface area is 137 Å². The number of rotatable bonds is 6. The van der Waals surface area contributed by atoms with Gasteiger partial charge in [0.25, 0.3) is 5.91 Å². The fourth-order valence-corrected chi connectivity index (χ4v) is 3.22. The van der Waals surface area contributed by atoms with Gasteiger partial charge in [0.05, 0.1) is 5.56 Å². The highest BCUT2D eigenvalue weighted by molar-refractivity contribution is 5.89. The third kappa shape index (κ3) is 4.32. The van der Waals surface area contributed by atoms with Gasteiger partial charge < -0.3 is 14.7 Å². The molecule has 0 saturated carbocycles. The van der Waals surface area contributed by atoms with E-state index in [4.69, 9.17) is 4.74 Å². The molecule has 1 aliphatic heterocycles. The van der Waals surface area contributed by atoms with Gasteiger partial charge in [-0.05, 0) is 43.2 Å². The average Bonchev–Trinajstić information content (AvgIpc) is 2.57. The van der Waals surface area contributed by atoms with E-state index in [9.17, 15) is 14.7 Å². The zero-order valence-corrected chi connectivity index (χ0v) is 13.8. The van der Waals surface area contributed by atoms with E-state index >= 15 is 0 Å². The summed E-state index contributed by atoms with van der Waals surface area (Å²) in [7, 11) is 1.57. The molecular formula is C18H25NO4. The first-order valence-electron chi connectivity index (χ1n) is 8.19. The molecule has 1 saturated heterocycles. The molecule has 0 aliphatic carbocycles. The summed E-state index contributed by atoms with van der Waals surface area (Å²) >= 11 is 0. The topological polar surface area (TPSA) is 66.8 Å². The summed E-state index contributed by atoms with van der Waals surface area (Å²) in [5.41, 5.74) is 1.27. The normalized spacial score (nSPS) is 17.0. The predicted octanol–water partition coefficient (Wildman–Crippen LogP) is 2.59. The summed E-state index contributed by atoms with van der Waals surface area (Å²) in [6, 6.07) is 7.18. The van der Waals surface area contributed by atoms with E-state index in [-0.39, 0.29) is 12.0 Å². The SMILES string of the molecule is CCC(OC)C(=O)N1CCC(Cc2ccccc2C(=O)O)CC1. The number of ether oxygens (including phenoxy) is 1. The van der Waals surface area contributed by atoms with Gasteiger partial charge in [-0.15, -0.1) is 0 Å². The molecule has 0 aromatic heterocycles. The molecule has 0 spiro atoms. The smallest absolute Gasteiger partial charge is 0.335 e. The third-order valence-corrected chi connectivity index (χ3v) is 4.61. The van der Waals surface area contributed by atoms with Crippen molar-refractivity contribution in [1.82, 2.24) is 4.90 Å². The molecule has 1 aliphatic rings. The maximum Gasteiger partial charge on any atom is 0.335 e. The fraction of sp³-hybridized carbons (Fsp3) is 0.556. The number of aromatic carboxylic acids is 1. The first kappa shape index (κ1) is 17.5. The van der Waals surface area contributed by atoms with Gasteiger partial charge in [-0.1, -0.05) is 25.1 Å². The molecule has 1 amide bonds. The molecule has 5 nitrogen and oxygen atoms in total. The molecule has 1 fully saturated rings. The highest BCUT2D eigenvalue weighted by Crippen LogP contribution is 2.24. The lowest BCUT2D eigenvalue weighted by atomic mass is 9.88. The monoisotopic (exact) mass is 319 g/mol. The van der Waals surface area contributed by atoms with Crippen molar-refractivity contribution < 1.29 is 19.4 Å². The number of carbonyl (C=O) groups excluding carboxylic acids is 1. The molecule has 1 aromatic carbocycles. The number of likely N-dealkylation sites (tertiary alicyclic amines) is 1. The van der Waals surface area contributed by atoms with Crippen molar-refractivity contribution in [1.29, 1.82) is 0 Å². The number of amides is 1. The van der Waals surface area contributed by atoms with Gasteiger partial charge in [0, 0.05) is 20.2 Å². The van der Waals surface area contributed by atoms with E-state index in [1.807, 2.05) is 24.0 Å². The van der Waals surface area contributed by atoms with E-state index in [0.29, 0.717) is 17.9 Å². The van der Waals surface area contributed by atoms with Crippen molar-refractivity contribution in [2.75, 3.05) is 20.2 Å². The molecule has 1 heterocycles. The Morgan fingerprint density at radius 2 is 1.96 bits per heavy atom. The number of nitrogens with zero attached hydrogens (tertiary/aromatic N) is 1. The van der Waals surface area contributed by atoms with Gasteiger partial charge in [-0.2, -0.15) is 0 Å². The number of piperidine rings is 1. The van der Waals surface area contributed by atoms with Crippen LogP contribution < -0.4 is 0 Å². The first-order valence-corrected chi connectivity index (χ1v) is 8.19. The number of benzene rings is 1. The molecule has 126 valence electrons. The lowest BCUT2D eigenvalue weighted by Crippen LogP contribution is -2.44. The maximum atomic E-state index is 12.3. The highest BCUT2D eigenvalue weighted by Gasteiger charge is 2.27. The summed E-state index contributed by atoms with van der Waals surface area (Å²) in [6.45, 7) is 3.39. The minimum Gasteiger partial charge on any atom is -0.478 e. The van der Waals surface area contributed by atoms with Crippen LogP contribution in [0.1, 0.15) is 42.1 Å². The van der Waals surface area contributed by atoms with Gasteiger partial charge in [-0.3, -0.25) is 4.79 Å². The van der Waals surface area contributed by atoms with Crippen LogP contribution in [0.4, 0.5) is 0 Å². The van der Waals surface area contributed by atoms with Crippen LogP contribution in [0.5, 0.6) is 0 Å². The highest BCUT2D eigenvalue weighted by atomic mass is 16.5. The summed E-state index contributed by atoms with van der Waals surface area (Å²) in [5, 5.41) is 9.26. The van der Waals surface area contributed by atoms with E-state index in [1.54, 1.807) is 19.2 Å². The van der Waals surface area contributed by atoms with E-state index in [1.165, 1.54) is 0 Å². The molecule has 5 heteroatoms. The molecule has 2 rings (SSSR count). The summed E-state index contributed by atoms with van der Waals surface area (Å²) in [5.74, 6) is -0.388. The maximum absolute atomic E-state index is 12.3. The van der Waals surface area contributed by atoms with Gasteiger partial charge in [0.2, 0.25) is 0 Å². The van der Waals surface area contributed by atoms with Crippen molar-refractivity contribution in [3.8, 4) is 0 Å². The Morgan fingerprint density at radius 3 is 2.52 bits per heavy atom. The van der Waals surface area contributed by atoms with Crippen molar-refractivity contribution >= 4 is 11.9 Å². The predicted molar refractivity (Wildman–Crippen MR) is 87.5 cm³/mol. The lowest BCUT2D eigenvalue weighted by Gasteiger charge is -2.34. The van der Waals surface area contributed by atoms with Crippen LogP contribution in [0.15, 0.2) is 24.3 Å². The molecular weight excluding hydrogens is 294 g/mol. The molecule has 1 unspecified atom stereocenters. The molecule has 0 bridgehead atoms. The van der Waals surface area contributed by atoms with Crippen molar-refractivity contribution in [2.45, 2.75) is 38.7 Å². The first-order chi connectivity index (χ1) is 11.1. The number of hydrogen-bond donors (Lipinski definition) is 1. The van der Waals surface area contributed by atoms with E-state index < -0.39 is 5.97 Å². The second-order valence-corrected chi connectivity index (χ2v) is 6.07. The van der Waals surface area contributed by atoms with E-state index in [2.05, 4.69) is 0 Å². The van der Waals surface area contributed by atoms with Crippen LogP contribution in [0.3, 0.4) is 0 Å². The van der Waals surface area contributed by atoms with Crippen molar-refractivity contribution in [3.05, 3.63) is 35.4 Å². The summed E-state index contributed by atoms with van der Waals surface area (Å²) in [4.78, 5) is 25.4. The van der Waals surface area contributed by atoms with E-state index in [0.717, 1.165) is 37.9 Å². The molecule has 1 N–H and O–H groups in total. The third-order valence-electron chi connectivity index (χ3n) is 4.61. The second kappa shape index (κ2) is 8.11. The van der Waals surface area contributed by atoms with Crippen molar-refractivity contribution in [2.24, 2.45) is 5.92 Å². The quantitative estimate of drug-likeness (QED) is 0.875.